The number of aromatic nitrogens is 3. The number of benzene rings is 1. The van der Waals surface area contributed by atoms with Gasteiger partial charge in [0.2, 0.25) is 0 Å². The molecule has 0 aliphatic carbocycles. The molecular formula is C11H12F2N4. The van der Waals surface area contributed by atoms with Crippen molar-refractivity contribution in [3.05, 3.63) is 47.5 Å². The summed E-state index contributed by atoms with van der Waals surface area (Å²) >= 11 is 0. The third-order valence-electron chi connectivity index (χ3n) is 2.26. The lowest BCUT2D eigenvalue weighted by Gasteiger charge is -2.04. The zero-order valence-corrected chi connectivity index (χ0v) is 9.32. The molecule has 0 saturated carbocycles. The van der Waals surface area contributed by atoms with E-state index < -0.39 is 11.6 Å². The molecule has 2 aromatic rings. The Hall–Kier alpha value is -1.82. The van der Waals surface area contributed by atoms with E-state index in [0.29, 0.717) is 24.5 Å². The van der Waals surface area contributed by atoms with Crippen LogP contribution in [0, 0.1) is 11.6 Å². The first-order valence-corrected chi connectivity index (χ1v) is 5.14. The highest BCUT2D eigenvalue weighted by Gasteiger charge is 2.04. The highest BCUT2D eigenvalue weighted by Crippen LogP contribution is 2.09. The molecule has 0 amide bonds. The second-order valence-corrected chi connectivity index (χ2v) is 3.67. The molecule has 0 aliphatic heterocycles. The van der Waals surface area contributed by atoms with Crippen molar-refractivity contribution in [3.63, 3.8) is 0 Å². The number of aryl methyl sites for hydroxylation is 1. The summed E-state index contributed by atoms with van der Waals surface area (Å²) < 4.78 is 27.5. The van der Waals surface area contributed by atoms with E-state index in [0.717, 1.165) is 6.07 Å². The van der Waals surface area contributed by atoms with Crippen LogP contribution in [0.25, 0.3) is 0 Å². The number of rotatable bonds is 4. The Balaban J connectivity index is 1.90. The maximum Gasteiger partial charge on any atom is 0.164 e. The zero-order valence-electron chi connectivity index (χ0n) is 9.32. The molecule has 0 aliphatic rings. The molecule has 17 heavy (non-hydrogen) atoms. The van der Waals surface area contributed by atoms with E-state index in [2.05, 4.69) is 15.4 Å². The van der Waals surface area contributed by atoms with Gasteiger partial charge in [-0.2, -0.15) is 5.10 Å². The maximum atomic E-state index is 13.3. The largest absolute Gasteiger partial charge is 0.306 e. The molecule has 0 saturated heterocycles. The lowest BCUT2D eigenvalue weighted by Crippen LogP contribution is -2.15. The Morgan fingerprint density at radius 3 is 2.76 bits per heavy atom. The van der Waals surface area contributed by atoms with Crippen LogP contribution >= 0.6 is 0 Å². The molecule has 2 rings (SSSR count). The van der Waals surface area contributed by atoms with Crippen molar-refractivity contribution < 1.29 is 8.78 Å². The molecule has 4 nitrogen and oxygen atoms in total. The smallest absolute Gasteiger partial charge is 0.164 e. The van der Waals surface area contributed by atoms with Gasteiger partial charge in [-0.05, 0) is 6.07 Å². The van der Waals surface area contributed by atoms with E-state index in [-0.39, 0.29) is 0 Å². The maximum absolute atomic E-state index is 13.3. The molecule has 0 fully saturated rings. The molecule has 1 aromatic heterocycles. The highest BCUT2D eigenvalue weighted by molar-refractivity contribution is 5.18. The normalized spacial score (nSPS) is 10.8. The fraction of sp³-hybridized carbons (Fsp3) is 0.273. The molecule has 1 heterocycles. The summed E-state index contributed by atoms with van der Waals surface area (Å²) in [6.45, 7) is 0.752. The Bertz CT molecular complexity index is 510. The van der Waals surface area contributed by atoms with Crippen molar-refractivity contribution in [2.45, 2.75) is 13.1 Å². The molecular weight excluding hydrogens is 226 g/mol. The molecule has 0 unspecified atom stereocenters. The highest BCUT2D eigenvalue weighted by atomic mass is 19.1. The van der Waals surface area contributed by atoms with Crippen molar-refractivity contribution in [3.8, 4) is 0 Å². The molecule has 6 heteroatoms. The minimum atomic E-state index is -0.572. The van der Waals surface area contributed by atoms with Crippen molar-refractivity contribution in [2.24, 2.45) is 7.05 Å². The second-order valence-electron chi connectivity index (χ2n) is 3.67. The molecule has 0 atom stereocenters. The number of hydrogen-bond acceptors (Lipinski definition) is 3. The van der Waals surface area contributed by atoms with Gasteiger partial charge in [0.15, 0.2) is 5.82 Å². The molecule has 90 valence electrons. The Labute approximate surface area is 97.3 Å². The van der Waals surface area contributed by atoms with E-state index in [1.807, 2.05) is 0 Å². The van der Waals surface area contributed by atoms with Gasteiger partial charge in [0, 0.05) is 25.2 Å². The lowest BCUT2D eigenvalue weighted by atomic mass is 10.2. The molecule has 1 aromatic carbocycles. The first-order chi connectivity index (χ1) is 8.15. The lowest BCUT2D eigenvalue weighted by molar-refractivity contribution is 0.557. The van der Waals surface area contributed by atoms with Crippen LogP contribution in [0.5, 0.6) is 0 Å². The van der Waals surface area contributed by atoms with Gasteiger partial charge in [-0.1, -0.05) is 6.07 Å². The quantitative estimate of drug-likeness (QED) is 0.875. The van der Waals surface area contributed by atoms with Gasteiger partial charge in [-0.15, -0.1) is 0 Å². The van der Waals surface area contributed by atoms with Gasteiger partial charge in [-0.25, -0.2) is 13.8 Å². The number of hydrogen-bond donors (Lipinski definition) is 1. The Kier molecular flexibility index (Phi) is 3.43. The predicted molar refractivity (Wildman–Crippen MR) is 57.9 cm³/mol. The monoisotopic (exact) mass is 238 g/mol. The van der Waals surface area contributed by atoms with Crippen LogP contribution < -0.4 is 5.32 Å². The van der Waals surface area contributed by atoms with E-state index in [1.54, 1.807) is 18.1 Å². The summed E-state index contributed by atoms with van der Waals surface area (Å²) in [5.41, 5.74) is 0.419. The summed E-state index contributed by atoms with van der Waals surface area (Å²) in [6.07, 6.45) is 1.59. The van der Waals surface area contributed by atoms with Crippen molar-refractivity contribution in [1.29, 1.82) is 0 Å². The van der Waals surface area contributed by atoms with E-state index in [1.165, 1.54) is 12.1 Å². The molecule has 0 spiro atoms. The zero-order chi connectivity index (χ0) is 12.3. The summed E-state index contributed by atoms with van der Waals surface area (Å²) in [5.74, 6) is -0.487. The molecule has 1 N–H and O–H groups in total. The van der Waals surface area contributed by atoms with Crippen LogP contribution in [0.15, 0.2) is 24.5 Å². The minimum absolute atomic E-state index is 0.310. The second kappa shape index (κ2) is 5.01. The number of halogens is 2. The standard InChI is InChI=1S/C11H12F2N4/c1-17-7-15-11(16-17)6-14-5-8-2-3-9(12)4-10(8)13/h2-4,7,14H,5-6H2,1H3. The Morgan fingerprint density at radius 1 is 1.29 bits per heavy atom. The molecule has 0 bridgehead atoms. The minimum Gasteiger partial charge on any atom is -0.306 e. The van der Waals surface area contributed by atoms with Crippen molar-refractivity contribution in [2.75, 3.05) is 0 Å². The third-order valence-corrected chi connectivity index (χ3v) is 2.26. The fourth-order valence-corrected chi connectivity index (χ4v) is 1.44. The van der Waals surface area contributed by atoms with Gasteiger partial charge < -0.3 is 5.32 Å². The topological polar surface area (TPSA) is 42.7 Å². The molecule has 0 radical (unpaired) electrons. The summed E-state index contributed by atoms with van der Waals surface area (Å²) in [5, 5.41) is 7.06. The van der Waals surface area contributed by atoms with Crippen molar-refractivity contribution >= 4 is 0 Å². The van der Waals surface area contributed by atoms with Gasteiger partial charge in [0.05, 0.1) is 6.54 Å². The van der Waals surface area contributed by atoms with Gasteiger partial charge in [-0.3, -0.25) is 4.68 Å². The third kappa shape index (κ3) is 3.07. The number of nitrogens with one attached hydrogen (secondary N) is 1. The summed E-state index contributed by atoms with van der Waals surface area (Å²) in [6, 6.07) is 3.53. The summed E-state index contributed by atoms with van der Waals surface area (Å²) in [7, 11) is 1.77. The van der Waals surface area contributed by atoms with Crippen LogP contribution in [0.1, 0.15) is 11.4 Å². The van der Waals surface area contributed by atoms with Crippen LogP contribution in [0.2, 0.25) is 0 Å². The van der Waals surface area contributed by atoms with Crippen LogP contribution in [-0.2, 0) is 20.1 Å². The Morgan fingerprint density at radius 2 is 2.12 bits per heavy atom. The van der Waals surface area contributed by atoms with Gasteiger partial charge >= 0.3 is 0 Å². The first kappa shape index (κ1) is 11.7. The predicted octanol–water partition coefficient (Wildman–Crippen LogP) is 1.38. The van der Waals surface area contributed by atoms with Gasteiger partial charge in [0.25, 0.3) is 0 Å². The number of nitrogens with zero attached hydrogens (tertiary/aromatic N) is 3. The van der Waals surface area contributed by atoms with E-state index >= 15 is 0 Å². The van der Waals surface area contributed by atoms with Gasteiger partial charge in [0.1, 0.15) is 18.0 Å². The average Bonchev–Trinajstić information content (AvgIpc) is 2.68. The SMILES string of the molecule is Cn1cnc(CNCc2ccc(F)cc2F)n1. The van der Waals surface area contributed by atoms with Crippen LogP contribution in [0.4, 0.5) is 8.78 Å². The van der Waals surface area contributed by atoms with Crippen molar-refractivity contribution in [1.82, 2.24) is 20.1 Å². The fourth-order valence-electron chi connectivity index (χ4n) is 1.44. The van der Waals surface area contributed by atoms with Crippen LogP contribution in [-0.4, -0.2) is 14.8 Å². The summed E-state index contributed by atoms with van der Waals surface area (Å²) in [4.78, 5) is 4.02. The van der Waals surface area contributed by atoms with E-state index in [9.17, 15) is 8.78 Å². The van der Waals surface area contributed by atoms with Crippen LogP contribution in [0.3, 0.4) is 0 Å². The average molecular weight is 238 g/mol. The first-order valence-electron chi connectivity index (χ1n) is 5.14. The van der Waals surface area contributed by atoms with E-state index in [4.69, 9.17) is 0 Å².